The lowest BCUT2D eigenvalue weighted by Crippen LogP contribution is -2.15. The second-order valence-corrected chi connectivity index (χ2v) is 3.76. The Hall–Kier alpha value is -0.920. The Balaban J connectivity index is 2.28. The highest BCUT2D eigenvalue weighted by molar-refractivity contribution is 5.26. The highest BCUT2D eigenvalue weighted by Crippen LogP contribution is 2.49. The van der Waals surface area contributed by atoms with Crippen molar-refractivity contribution in [1.82, 2.24) is 0 Å². The highest BCUT2D eigenvalue weighted by atomic mass is 19.3. The van der Waals surface area contributed by atoms with Gasteiger partial charge in [-0.15, -0.1) is 0 Å². The van der Waals surface area contributed by atoms with Gasteiger partial charge in [0.1, 0.15) is 0 Å². The zero-order chi connectivity index (χ0) is 9.47. The molecule has 0 bridgehead atoms. The van der Waals surface area contributed by atoms with Crippen LogP contribution in [0.3, 0.4) is 0 Å². The third-order valence-electron chi connectivity index (χ3n) is 2.53. The van der Waals surface area contributed by atoms with E-state index in [0.29, 0.717) is 12.8 Å². The number of hydrogen-bond donors (Lipinski definition) is 0. The SMILES string of the molecule is Cc1ccc(C(F)(F)C2CC2)cc1. The average molecular weight is 182 g/mol. The fourth-order valence-electron chi connectivity index (χ4n) is 1.46. The monoisotopic (exact) mass is 182 g/mol. The molecular weight excluding hydrogens is 170 g/mol. The van der Waals surface area contributed by atoms with Gasteiger partial charge in [-0.05, 0) is 19.8 Å². The number of rotatable bonds is 2. The molecule has 0 radical (unpaired) electrons. The zero-order valence-electron chi connectivity index (χ0n) is 7.56. The molecular formula is C11H12F2. The number of benzene rings is 1. The summed E-state index contributed by atoms with van der Waals surface area (Å²) in [6.45, 7) is 1.90. The molecule has 1 aromatic carbocycles. The molecule has 13 heavy (non-hydrogen) atoms. The Bertz CT molecular complexity index is 296. The maximum absolute atomic E-state index is 13.5. The third kappa shape index (κ3) is 1.58. The van der Waals surface area contributed by atoms with Gasteiger partial charge < -0.3 is 0 Å². The lowest BCUT2D eigenvalue weighted by Gasteiger charge is -2.15. The van der Waals surface area contributed by atoms with Crippen molar-refractivity contribution < 1.29 is 8.78 Å². The van der Waals surface area contributed by atoms with Crippen molar-refractivity contribution in [3.05, 3.63) is 35.4 Å². The summed E-state index contributed by atoms with van der Waals surface area (Å²) in [5.41, 5.74) is 1.19. The zero-order valence-corrected chi connectivity index (χ0v) is 7.56. The molecule has 1 aromatic rings. The Kier molecular flexibility index (Phi) is 1.86. The summed E-state index contributed by atoms with van der Waals surface area (Å²) in [7, 11) is 0. The Morgan fingerprint density at radius 3 is 2.15 bits per heavy atom. The lowest BCUT2D eigenvalue weighted by molar-refractivity contribution is -0.0285. The molecule has 0 saturated heterocycles. The maximum Gasteiger partial charge on any atom is 0.276 e. The maximum atomic E-state index is 13.5. The van der Waals surface area contributed by atoms with Crippen LogP contribution in [0.5, 0.6) is 0 Å². The highest BCUT2D eigenvalue weighted by Gasteiger charge is 2.47. The Labute approximate surface area is 76.6 Å². The summed E-state index contributed by atoms with van der Waals surface area (Å²) in [5.74, 6) is -3.01. The van der Waals surface area contributed by atoms with Crippen LogP contribution in [0.2, 0.25) is 0 Å². The molecule has 0 amide bonds. The minimum atomic E-state index is -2.60. The molecule has 2 rings (SSSR count). The number of alkyl halides is 2. The average Bonchev–Trinajstić information content (AvgIpc) is 2.87. The molecule has 1 aliphatic carbocycles. The van der Waals surface area contributed by atoms with Crippen LogP contribution in [0.4, 0.5) is 8.78 Å². The smallest absolute Gasteiger partial charge is 0.201 e. The molecule has 0 N–H and O–H groups in total. The van der Waals surface area contributed by atoms with Crippen LogP contribution in [-0.2, 0) is 5.92 Å². The molecule has 0 unspecified atom stereocenters. The van der Waals surface area contributed by atoms with Gasteiger partial charge in [-0.1, -0.05) is 29.8 Å². The second kappa shape index (κ2) is 2.79. The quantitative estimate of drug-likeness (QED) is 0.656. The van der Waals surface area contributed by atoms with Gasteiger partial charge in [-0.25, -0.2) is 8.78 Å². The molecule has 0 heterocycles. The van der Waals surface area contributed by atoms with Gasteiger partial charge >= 0.3 is 0 Å². The first kappa shape index (κ1) is 8.67. The van der Waals surface area contributed by atoms with Crippen LogP contribution in [0, 0.1) is 12.8 Å². The van der Waals surface area contributed by atoms with E-state index in [1.807, 2.05) is 6.92 Å². The van der Waals surface area contributed by atoms with Crippen molar-refractivity contribution in [3.63, 3.8) is 0 Å². The molecule has 0 spiro atoms. The second-order valence-electron chi connectivity index (χ2n) is 3.76. The van der Waals surface area contributed by atoms with Gasteiger partial charge in [0.25, 0.3) is 5.92 Å². The Morgan fingerprint density at radius 2 is 1.69 bits per heavy atom. The van der Waals surface area contributed by atoms with Gasteiger partial charge in [0, 0.05) is 11.5 Å². The summed E-state index contributed by atoms with van der Waals surface area (Å²) in [6, 6.07) is 6.55. The van der Waals surface area contributed by atoms with E-state index in [0.717, 1.165) is 5.56 Å². The normalized spacial score (nSPS) is 17.5. The van der Waals surface area contributed by atoms with Gasteiger partial charge in [-0.2, -0.15) is 0 Å². The largest absolute Gasteiger partial charge is 0.276 e. The van der Waals surface area contributed by atoms with Crippen molar-refractivity contribution >= 4 is 0 Å². The van der Waals surface area contributed by atoms with Crippen LogP contribution in [0.15, 0.2) is 24.3 Å². The molecule has 2 heteroatoms. The minimum absolute atomic E-state index is 0.167. The summed E-state index contributed by atoms with van der Waals surface area (Å²) in [6.07, 6.45) is 1.34. The van der Waals surface area contributed by atoms with E-state index in [2.05, 4.69) is 0 Å². The van der Waals surface area contributed by atoms with E-state index < -0.39 is 11.8 Å². The third-order valence-corrected chi connectivity index (χ3v) is 2.53. The van der Waals surface area contributed by atoms with E-state index in [-0.39, 0.29) is 5.56 Å². The van der Waals surface area contributed by atoms with Crippen LogP contribution in [-0.4, -0.2) is 0 Å². The molecule has 1 fully saturated rings. The van der Waals surface area contributed by atoms with Crippen LogP contribution in [0.25, 0.3) is 0 Å². The van der Waals surface area contributed by atoms with Crippen molar-refractivity contribution in [3.8, 4) is 0 Å². The van der Waals surface area contributed by atoms with Gasteiger partial charge in [-0.3, -0.25) is 0 Å². The summed E-state index contributed by atoms with van der Waals surface area (Å²) in [5, 5.41) is 0. The number of aryl methyl sites for hydroxylation is 1. The van der Waals surface area contributed by atoms with Crippen molar-refractivity contribution in [2.75, 3.05) is 0 Å². The van der Waals surface area contributed by atoms with E-state index in [1.165, 1.54) is 12.1 Å². The fourth-order valence-corrected chi connectivity index (χ4v) is 1.46. The van der Waals surface area contributed by atoms with E-state index >= 15 is 0 Å². The van der Waals surface area contributed by atoms with Gasteiger partial charge in [0.15, 0.2) is 0 Å². The van der Waals surface area contributed by atoms with Crippen LogP contribution in [0.1, 0.15) is 24.0 Å². The molecule has 1 aliphatic rings. The molecule has 0 aliphatic heterocycles. The van der Waals surface area contributed by atoms with Gasteiger partial charge in [0.2, 0.25) is 0 Å². The fraction of sp³-hybridized carbons (Fsp3) is 0.455. The predicted molar refractivity (Wildman–Crippen MR) is 47.8 cm³/mol. The van der Waals surface area contributed by atoms with Gasteiger partial charge in [0.05, 0.1) is 0 Å². The van der Waals surface area contributed by atoms with E-state index in [4.69, 9.17) is 0 Å². The van der Waals surface area contributed by atoms with Crippen molar-refractivity contribution in [2.24, 2.45) is 5.92 Å². The van der Waals surface area contributed by atoms with Crippen LogP contribution >= 0.6 is 0 Å². The number of halogens is 2. The number of hydrogen-bond acceptors (Lipinski definition) is 0. The topological polar surface area (TPSA) is 0 Å². The lowest BCUT2D eigenvalue weighted by atomic mass is 10.0. The molecule has 0 aromatic heterocycles. The first-order valence-corrected chi connectivity index (χ1v) is 4.55. The molecule has 70 valence electrons. The minimum Gasteiger partial charge on any atom is -0.201 e. The first-order chi connectivity index (χ1) is 6.10. The van der Waals surface area contributed by atoms with E-state index in [9.17, 15) is 8.78 Å². The van der Waals surface area contributed by atoms with Crippen LogP contribution < -0.4 is 0 Å². The molecule has 0 nitrogen and oxygen atoms in total. The standard InChI is InChI=1S/C11H12F2/c1-8-2-4-9(5-3-8)11(12,13)10-6-7-10/h2-5,10H,6-7H2,1H3. The summed E-state index contributed by atoms with van der Waals surface area (Å²) < 4.78 is 26.9. The summed E-state index contributed by atoms with van der Waals surface area (Å²) >= 11 is 0. The molecule has 1 saturated carbocycles. The molecule has 0 atom stereocenters. The Morgan fingerprint density at radius 1 is 1.15 bits per heavy atom. The van der Waals surface area contributed by atoms with Crippen molar-refractivity contribution in [2.45, 2.75) is 25.7 Å². The van der Waals surface area contributed by atoms with Crippen molar-refractivity contribution in [1.29, 1.82) is 0 Å². The van der Waals surface area contributed by atoms with E-state index in [1.54, 1.807) is 12.1 Å². The predicted octanol–water partition coefficient (Wildman–Crippen LogP) is 3.50. The summed E-state index contributed by atoms with van der Waals surface area (Å²) in [4.78, 5) is 0. The first-order valence-electron chi connectivity index (χ1n) is 4.55.